The number of rotatable bonds is 5. The molecule has 1 fully saturated rings. The Labute approximate surface area is 115 Å². The Morgan fingerprint density at radius 2 is 2.16 bits per heavy atom. The van der Waals surface area contributed by atoms with Crippen LogP contribution in [0, 0.1) is 0 Å². The first-order valence-electron chi connectivity index (χ1n) is 7.03. The average molecular weight is 261 g/mol. The zero-order valence-corrected chi connectivity index (χ0v) is 11.8. The molecule has 1 aliphatic rings. The van der Waals surface area contributed by atoms with Gasteiger partial charge in [-0.2, -0.15) is 0 Å². The van der Waals surface area contributed by atoms with Crippen molar-refractivity contribution in [3.8, 4) is 0 Å². The van der Waals surface area contributed by atoms with Gasteiger partial charge in [-0.15, -0.1) is 0 Å². The molecule has 1 atom stereocenters. The minimum Gasteiger partial charge on any atom is -0.375 e. The van der Waals surface area contributed by atoms with Crippen LogP contribution in [0.15, 0.2) is 24.3 Å². The van der Waals surface area contributed by atoms with Crippen molar-refractivity contribution in [1.82, 2.24) is 10.6 Å². The number of benzene rings is 1. The lowest BCUT2D eigenvalue weighted by Crippen LogP contribution is -2.36. The predicted molar refractivity (Wildman–Crippen MR) is 78.7 cm³/mol. The Bertz CT molecular complexity index is 410. The van der Waals surface area contributed by atoms with Gasteiger partial charge in [-0.3, -0.25) is 4.79 Å². The van der Waals surface area contributed by atoms with E-state index >= 15 is 0 Å². The second-order valence-electron chi connectivity index (χ2n) is 5.13. The maximum atomic E-state index is 12.1. The fourth-order valence-corrected chi connectivity index (χ4v) is 2.38. The highest BCUT2D eigenvalue weighted by molar-refractivity contribution is 5.94. The Balaban J connectivity index is 1.95. The van der Waals surface area contributed by atoms with Gasteiger partial charge in [0.05, 0.1) is 0 Å². The number of anilines is 1. The van der Waals surface area contributed by atoms with Crippen molar-refractivity contribution in [1.29, 1.82) is 0 Å². The van der Waals surface area contributed by atoms with Crippen molar-refractivity contribution in [2.75, 3.05) is 31.6 Å². The minimum atomic E-state index is 0.0263. The molecule has 0 radical (unpaired) electrons. The average Bonchev–Trinajstić information content (AvgIpc) is 2.92. The van der Waals surface area contributed by atoms with Crippen LogP contribution in [0.3, 0.4) is 0 Å². The third-order valence-electron chi connectivity index (χ3n) is 3.52. The van der Waals surface area contributed by atoms with Gasteiger partial charge in [0, 0.05) is 37.4 Å². The van der Waals surface area contributed by atoms with E-state index in [0.717, 1.165) is 43.7 Å². The van der Waals surface area contributed by atoms with Crippen LogP contribution in [0.5, 0.6) is 0 Å². The maximum absolute atomic E-state index is 12.1. The molecule has 2 N–H and O–H groups in total. The number of nitrogens with zero attached hydrogens (tertiary/aromatic N) is 1. The molecule has 1 aromatic rings. The van der Waals surface area contributed by atoms with Crippen LogP contribution < -0.4 is 15.5 Å². The molecule has 0 bridgehead atoms. The molecule has 1 heterocycles. The first-order valence-corrected chi connectivity index (χ1v) is 7.03. The highest BCUT2D eigenvalue weighted by atomic mass is 16.1. The van der Waals surface area contributed by atoms with Gasteiger partial charge in [0.25, 0.3) is 5.91 Å². The van der Waals surface area contributed by atoms with E-state index in [2.05, 4.69) is 29.5 Å². The molecule has 1 amide bonds. The summed E-state index contributed by atoms with van der Waals surface area (Å²) >= 11 is 0. The number of nitrogens with one attached hydrogen (secondary N) is 2. The van der Waals surface area contributed by atoms with Gasteiger partial charge in [0.1, 0.15) is 0 Å². The SMILES string of the molecule is CCCN(C)c1ccc(C(=O)NC2CCNC2)cc1. The van der Waals surface area contributed by atoms with Crippen LogP contribution in [0.2, 0.25) is 0 Å². The van der Waals surface area contributed by atoms with Gasteiger partial charge in [-0.05, 0) is 43.7 Å². The van der Waals surface area contributed by atoms with Crippen molar-refractivity contribution in [3.05, 3.63) is 29.8 Å². The number of carbonyl (C=O) groups excluding carboxylic acids is 1. The molecule has 0 aromatic heterocycles. The van der Waals surface area contributed by atoms with Gasteiger partial charge in [0.2, 0.25) is 0 Å². The van der Waals surface area contributed by atoms with E-state index in [1.165, 1.54) is 0 Å². The largest absolute Gasteiger partial charge is 0.375 e. The standard InChI is InChI=1S/C15H23N3O/c1-3-10-18(2)14-6-4-12(5-7-14)15(19)17-13-8-9-16-11-13/h4-7,13,16H,3,8-11H2,1-2H3,(H,17,19). The molecular weight excluding hydrogens is 238 g/mol. The van der Waals surface area contributed by atoms with Crippen molar-refractivity contribution >= 4 is 11.6 Å². The summed E-state index contributed by atoms with van der Waals surface area (Å²) in [6.07, 6.45) is 2.14. The van der Waals surface area contributed by atoms with Crippen LogP contribution in [0.4, 0.5) is 5.69 Å². The van der Waals surface area contributed by atoms with Gasteiger partial charge in [0.15, 0.2) is 0 Å². The summed E-state index contributed by atoms with van der Waals surface area (Å²) in [7, 11) is 2.07. The molecule has 4 heteroatoms. The van der Waals surface area contributed by atoms with Crippen LogP contribution in [0.25, 0.3) is 0 Å². The zero-order chi connectivity index (χ0) is 13.7. The molecule has 19 heavy (non-hydrogen) atoms. The molecular formula is C15H23N3O. The monoisotopic (exact) mass is 261 g/mol. The Hall–Kier alpha value is -1.55. The van der Waals surface area contributed by atoms with E-state index in [4.69, 9.17) is 0 Å². The summed E-state index contributed by atoms with van der Waals surface area (Å²) in [6, 6.07) is 8.10. The normalized spacial score (nSPS) is 18.3. The lowest BCUT2D eigenvalue weighted by molar-refractivity contribution is 0.0940. The number of carbonyl (C=O) groups is 1. The Morgan fingerprint density at radius 1 is 1.42 bits per heavy atom. The molecule has 1 saturated heterocycles. The van der Waals surface area contributed by atoms with Crippen LogP contribution in [-0.2, 0) is 0 Å². The summed E-state index contributed by atoms with van der Waals surface area (Å²) in [5, 5.41) is 6.30. The van der Waals surface area contributed by atoms with Gasteiger partial charge >= 0.3 is 0 Å². The lowest BCUT2D eigenvalue weighted by Gasteiger charge is -2.18. The van der Waals surface area contributed by atoms with Crippen LogP contribution >= 0.6 is 0 Å². The Morgan fingerprint density at radius 3 is 2.74 bits per heavy atom. The van der Waals surface area contributed by atoms with Crippen LogP contribution in [0.1, 0.15) is 30.1 Å². The second kappa shape index (κ2) is 6.57. The minimum absolute atomic E-state index is 0.0263. The first-order chi connectivity index (χ1) is 9.20. The van der Waals surface area contributed by atoms with E-state index in [9.17, 15) is 4.79 Å². The van der Waals surface area contributed by atoms with Crippen LogP contribution in [-0.4, -0.2) is 38.6 Å². The van der Waals surface area contributed by atoms with Crippen molar-refractivity contribution < 1.29 is 4.79 Å². The molecule has 0 aliphatic carbocycles. The molecule has 104 valence electrons. The summed E-state index contributed by atoms with van der Waals surface area (Å²) in [5.41, 5.74) is 1.89. The van der Waals surface area contributed by atoms with Crippen molar-refractivity contribution in [3.63, 3.8) is 0 Å². The third-order valence-corrected chi connectivity index (χ3v) is 3.52. The van der Waals surface area contributed by atoms with Crippen molar-refractivity contribution in [2.45, 2.75) is 25.8 Å². The number of hydrogen-bond acceptors (Lipinski definition) is 3. The highest BCUT2D eigenvalue weighted by Crippen LogP contribution is 2.14. The van der Waals surface area contributed by atoms with E-state index in [1.54, 1.807) is 0 Å². The quantitative estimate of drug-likeness (QED) is 0.846. The fraction of sp³-hybridized carbons (Fsp3) is 0.533. The van der Waals surface area contributed by atoms with E-state index < -0.39 is 0 Å². The lowest BCUT2D eigenvalue weighted by atomic mass is 10.1. The molecule has 1 aromatic carbocycles. The molecule has 4 nitrogen and oxygen atoms in total. The van der Waals surface area contributed by atoms with E-state index in [-0.39, 0.29) is 11.9 Å². The maximum Gasteiger partial charge on any atom is 0.251 e. The van der Waals surface area contributed by atoms with E-state index in [0.29, 0.717) is 0 Å². The van der Waals surface area contributed by atoms with Gasteiger partial charge in [-0.25, -0.2) is 0 Å². The number of amides is 1. The summed E-state index contributed by atoms with van der Waals surface area (Å²) in [5.74, 6) is 0.0263. The highest BCUT2D eigenvalue weighted by Gasteiger charge is 2.17. The molecule has 2 rings (SSSR count). The second-order valence-corrected chi connectivity index (χ2v) is 5.13. The molecule has 0 spiro atoms. The third kappa shape index (κ3) is 3.70. The summed E-state index contributed by atoms with van der Waals surface area (Å²) in [6.45, 7) is 5.06. The molecule has 0 saturated carbocycles. The molecule has 1 unspecified atom stereocenters. The summed E-state index contributed by atoms with van der Waals surface area (Å²) < 4.78 is 0. The number of hydrogen-bond donors (Lipinski definition) is 2. The zero-order valence-electron chi connectivity index (χ0n) is 11.8. The van der Waals surface area contributed by atoms with E-state index in [1.807, 2.05) is 24.3 Å². The summed E-state index contributed by atoms with van der Waals surface area (Å²) in [4.78, 5) is 14.3. The Kier molecular flexibility index (Phi) is 4.80. The fourth-order valence-electron chi connectivity index (χ4n) is 2.38. The topological polar surface area (TPSA) is 44.4 Å². The van der Waals surface area contributed by atoms with Gasteiger partial charge in [-0.1, -0.05) is 6.92 Å². The predicted octanol–water partition coefficient (Wildman–Crippen LogP) is 1.62. The van der Waals surface area contributed by atoms with Gasteiger partial charge < -0.3 is 15.5 Å². The smallest absolute Gasteiger partial charge is 0.251 e. The first kappa shape index (κ1) is 13.9. The molecule has 1 aliphatic heterocycles. The van der Waals surface area contributed by atoms with Crippen molar-refractivity contribution in [2.24, 2.45) is 0 Å².